The Bertz CT molecular complexity index is 331. The largest absolute Gasteiger partial charge is 0.437 e. The molecule has 0 saturated heterocycles. The summed E-state index contributed by atoms with van der Waals surface area (Å²) in [6.45, 7) is 2.60. The van der Waals surface area contributed by atoms with Crippen molar-refractivity contribution in [2.75, 3.05) is 13.1 Å². The van der Waals surface area contributed by atoms with Crippen molar-refractivity contribution in [3.05, 3.63) is 24.4 Å². The summed E-state index contributed by atoms with van der Waals surface area (Å²) in [5.41, 5.74) is 0. The Morgan fingerprint density at radius 3 is 2.54 bits per heavy atom. The number of quaternary nitrogens is 1. The van der Waals surface area contributed by atoms with Crippen molar-refractivity contribution in [2.45, 2.75) is 13.3 Å². The quantitative estimate of drug-likeness (QED) is 0.553. The number of rotatable bonds is 3. The van der Waals surface area contributed by atoms with Crippen molar-refractivity contribution in [2.24, 2.45) is 0 Å². The molecule has 13 heavy (non-hydrogen) atoms. The Morgan fingerprint density at radius 2 is 2.15 bits per heavy atom. The van der Waals surface area contributed by atoms with Gasteiger partial charge in [0.25, 0.3) is 0 Å². The van der Waals surface area contributed by atoms with Gasteiger partial charge in [-0.25, -0.2) is 4.55 Å². The minimum atomic E-state index is -4.05. The molecular formula is C8H14NO3S+. The molecular weight excluding hydrogens is 190 g/mol. The molecule has 4 nitrogen and oxygen atoms in total. The zero-order valence-electron chi connectivity index (χ0n) is 7.55. The van der Waals surface area contributed by atoms with Gasteiger partial charge in [0.1, 0.15) is 12.7 Å². The molecule has 0 aromatic heterocycles. The topological polar surface area (TPSA) is 54.4 Å². The fourth-order valence-electron chi connectivity index (χ4n) is 1.42. The molecule has 0 radical (unpaired) electrons. The van der Waals surface area contributed by atoms with Gasteiger partial charge in [0.15, 0.2) is 0 Å². The normalized spacial score (nSPS) is 27.8. The van der Waals surface area contributed by atoms with Gasteiger partial charge in [0.05, 0.1) is 6.54 Å². The molecule has 0 aliphatic carbocycles. The van der Waals surface area contributed by atoms with Crippen LogP contribution in [0.2, 0.25) is 0 Å². The molecule has 1 rings (SSSR count). The molecule has 0 bridgehead atoms. The van der Waals surface area contributed by atoms with Crippen LogP contribution in [0.4, 0.5) is 0 Å². The summed E-state index contributed by atoms with van der Waals surface area (Å²) < 4.78 is 31.0. The van der Waals surface area contributed by atoms with Crippen LogP contribution >= 0.6 is 0 Å². The van der Waals surface area contributed by atoms with E-state index in [0.717, 1.165) is 0 Å². The molecule has 1 atom stereocenters. The van der Waals surface area contributed by atoms with E-state index >= 15 is 0 Å². The van der Waals surface area contributed by atoms with Crippen LogP contribution in [0.25, 0.3) is 0 Å². The van der Waals surface area contributed by atoms with Crippen LogP contribution in [-0.2, 0) is 10.3 Å². The van der Waals surface area contributed by atoms with E-state index in [2.05, 4.69) is 0 Å². The molecule has 0 amide bonds. The standard InChI is InChI=1S/C8H13NO3S/c1-2-6-9(13(10,11)12)7-4-3-5-8-9/h3-5,7H,2,6,8H2,1H3/p+1. The van der Waals surface area contributed by atoms with Gasteiger partial charge in [-0.15, -0.1) is 8.42 Å². The minimum Gasteiger partial charge on any atom is -0.241 e. The van der Waals surface area contributed by atoms with Crippen molar-refractivity contribution < 1.29 is 16.9 Å². The maximum atomic E-state index is 11.1. The smallest absolute Gasteiger partial charge is 0.241 e. The average Bonchev–Trinajstić information content (AvgIpc) is 2.04. The van der Waals surface area contributed by atoms with E-state index in [1.807, 2.05) is 6.92 Å². The first-order valence-electron chi connectivity index (χ1n) is 4.20. The predicted octanol–water partition coefficient (Wildman–Crippen LogP) is 1.10. The second-order valence-electron chi connectivity index (χ2n) is 3.08. The van der Waals surface area contributed by atoms with E-state index in [4.69, 9.17) is 4.55 Å². The van der Waals surface area contributed by atoms with Crippen molar-refractivity contribution in [3.8, 4) is 0 Å². The van der Waals surface area contributed by atoms with Gasteiger partial charge in [-0.2, -0.15) is 3.89 Å². The van der Waals surface area contributed by atoms with Crippen LogP contribution in [0, 0.1) is 0 Å². The molecule has 1 N–H and O–H groups in total. The number of hydrogen-bond acceptors (Lipinski definition) is 2. The van der Waals surface area contributed by atoms with Gasteiger partial charge in [0.2, 0.25) is 0 Å². The summed E-state index contributed by atoms with van der Waals surface area (Å²) in [4.78, 5) is 0. The molecule has 0 aromatic carbocycles. The Labute approximate surface area is 78.6 Å². The van der Waals surface area contributed by atoms with E-state index in [1.54, 1.807) is 18.2 Å². The number of allylic oxidation sites excluding steroid dienone is 2. The maximum Gasteiger partial charge on any atom is 0.437 e. The van der Waals surface area contributed by atoms with Crippen molar-refractivity contribution >= 4 is 10.3 Å². The fraction of sp³-hybridized carbons (Fsp3) is 0.500. The highest BCUT2D eigenvalue weighted by molar-refractivity contribution is 7.80. The van der Waals surface area contributed by atoms with Crippen LogP contribution in [0.3, 0.4) is 0 Å². The van der Waals surface area contributed by atoms with Gasteiger partial charge < -0.3 is 0 Å². The van der Waals surface area contributed by atoms with Crippen LogP contribution in [0.15, 0.2) is 24.4 Å². The summed E-state index contributed by atoms with van der Waals surface area (Å²) in [6, 6.07) is 0. The van der Waals surface area contributed by atoms with E-state index in [9.17, 15) is 8.42 Å². The lowest BCUT2D eigenvalue weighted by Crippen LogP contribution is -2.49. The van der Waals surface area contributed by atoms with Crippen LogP contribution in [0.1, 0.15) is 13.3 Å². The van der Waals surface area contributed by atoms with E-state index in [0.29, 0.717) is 19.5 Å². The van der Waals surface area contributed by atoms with Crippen molar-refractivity contribution in [3.63, 3.8) is 0 Å². The van der Waals surface area contributed by atoms with Gasteiger partial charge >= 0.3 is 10.3 Å². The molecule has 0 spiro atoms. The highest BCUT2D eigenvalue weighted by Gasteiger charge is 2.37. The van der Waals surface area contributed by atoms with Crippen LogP contribution < -0.4 is 0 Å². The summed E-state index contributed by atoms with van der Waals surface area (Å²) in [5, 5.41) is 0. The number of nitrogens with zero attached hydrogens (tertiary/aromatic N) is 1. The van der Waals surface area contributed by atoms with Crippen molar-refractivity contribution in [1.29, 1.82) is 0 Å². The van der Waals surface area contributed by atoms with Gasteiger partial charge in [-0.1, -0.05) is 13.0 Å². The van der Waals surface area contributed by atoms with Gasteiger partial charge in [-0.05, 0) is 18.6 Å². The van der Waals surface area contributed by atoms with Crippen LogP contribution in [0.5, 0.6) is 0 Å². The monoisotopic (exact) mass is 204 g/mol. The molecule has 1 aliphatic heterocycles. The SMILES string of the molecule is CCC[N+]1(S(=O)(=O)O)C=CC=CC1. The molecule has 1 heterocycles. The molecule has 1 aliphatic rings. The summed E-state index contributed by atoms with van der Waals surface area (Å²) >= 11 is 0. The second-order valence-corrected chi connectivity index (χ2v) is 4.70. The second kappa shape index (κ2) is 3.61. The van der Waals surface area contributed by atoms with Gasteiger partial charge in [-0.3, -0.25) is 0 Å². The van der Waals surface area contributed by atoms with E-state index < -0.39 is 10.3 Å². The summed E-state index contributed by atoms with van der Waals surface area (Å²) in [5.74, 6) is 0. The predicted molar refractivity (Wildman–Crippen MR) is 50.1 cm³/mol. The van der Waals surface area contributed by atoms with E-state index in [1.165, 1.54) is 6.20 Å². The molecule has 0 saturated carbocycles. The maximum absolute atomic E-state index is 11.1. The number of hydrogen-bond donors (Lipinski definition) is 1. The lowest BCUT2D eigenvalue weighted by molar-refractivity contribution is -0.750. The van der Waals surface area contributed by atoms with Gasteiger partial charge in [0, 0.05) is 0 Å². The molecule has 1 unspecified atom stereocenters. The Morgan fingerprint density at radius 1 is 1.46 bits per heavy atom. The lowest BCUT2D eigenvalue weighted by atomic mass is 10.3. The van der Waals surface area contributed by atoms with E-state index in [-0.39, 0.29) is 3.89 Å². The minimum absolute atomic E-state index is 0.309. The summed E-state index contributed by atoms with van der Waals surface area (Å²) in [6.07, 6.45) is 7.38. The third kappa shape index (κ3) is 1.99. The molecule has 5 heteroatoms. The molecule has 0 aromatic rings. The lowest BCUT2D eigenvalue weighted by Gasteiger charge is -2.29. The third-order valence-electron chi connectivity index (χ3n) is 2.08. The molecule has 74 valence electrons. The zero-order valence-corrected chi connectivity index (χ0v) is 8.37. The fourth-order valence-corrected chi connectivity index (χ4v) is 2.33. The first-order valence-corrected chi connectivity index (χ1v) is 5.60. The Kier molecular flexibility index (Phi) is 2.90. The first kappa shape index (κ1) is 10.4. The highest BCUT2D eigenvalue weighted by atomic mass is 32.2. The zero-order chi connectivity index (χ0) is 9.95. The molecule has 0 fully saturated rings. The Balaban J connectivity index is 3.03. The summed E-state index contributed by atoms with van der Waals surface area (Å²) in [7, 11) is -4.05. The van der Waals surface area contributed by atoms with Crippen molar-refractivity contribution in [1.82, 2.24) is 0 Å². The third-order valence-corrected chi connectivity index (χ3v) is 3.45. The average molecular weight is 204 g/mol. The van der Waals surface area contributed by atoms with Crippen LogP contribution in [-0.4, -0.2) is 29.9 Å². The first-order chi connectivity index (χ1) is 6.02. The highest BCUT2D eigenvalue weighted by Crippen LogP contribution is 2.19. The Hall–Kier alpha value is -0.650.